The molecule has 1 aromatic heterocycles. The Balaban J connectivity index is 1.34. The molecule has 3 aromatic carbocycles. The van der Waals surface area contributed by atoms with Crippen molar-refractivity contribution in [2.24, 2.45) is 5.14 Å². The molecule has 0 bridgehead atoms. The number of primary sulfonamides is 1. The number of H-pyrrole nitrogens is 1. The maximum atomic E-state index is 13.9. The van der Waals surface area contributed by atoms with Crippen molar-refractivity contribution in [2.75, 3.05) is 44.7 Å². The molecular formula is C29H33N5O3S. The number of anilines is 1. The van der Waals surface area contributed by atoms with Crippen LogP contribution in [-0.2, 0) is 16.4 Å². The zero-order valence-corrected chi connectivity index (χ0v) is 22.2. The van der Waals surface area contributed by atoms with Gasteiger partial charge in [-0.15, -0.1) is 0 Å². The van der Waals surface area contributed by atoms with Crippen molar-refractivity contribution in [1.29, 1.82) is 0 Å². The number of hydrogen-bond donors (Lipinski definition) is 3. The van der Waals surface area contributed by atoms with Gasteiger partial charge >= 0.3 is 0 Å². The van der Waals surface area contributed by atoms with Gasteiger partial charge in [-0.3, -0.25) is 4.79 Å². The number of rotatable bonds is 9. The van der Waals surface area contributed by atoms with Crippen LogP contribution in [0.3, 0.4) is 0 Å². The molecule has 5 rings (SSSR count). The Hall–Kier alpha value is -3.50. The van der Waals surface area contributed by atoms with Crippen LogP contribution in [0.15, 0.2) is 83.9 Å². The van der Waals surface area contributed by atoms with E-state index in [1.807, 2.05) is 42.6 Å². The lowest BCUT2D eigenvalue weighted by Gasteiger charge is -2.34. The molecule has 0 saturated carbocycles. The SMILES string of the molecule is CN1CCN(c2ccc3c(C(=O)C(NCCc4ccc(S(N)(=O)=O)cc4)c4ccccc4)c[nH]c3c2)CC1. The summed E-state index contributed by atoms with van der Waals surface area (Å²) in [6, 6.07) is 22.0. The monoisotopic (exact) mass is 531 g/mol. The molecule has 4 N–H and O–H groups in total. The number of piperazine rings is 1. The van der Waals surface area contributed by atoms with Crippen LogP contribution >= 0.6 is 0 Å². The van der Waals surface area contributed by atoms with Gasteiger partial charge in [0.2, 0.25) is 10.0 Å². The number of likely N-dealkylation sites (N-methyl/N-ethyl adjacent to an activating group) is 1. The van der Waals surface area contributed by atoms with Gasteiger partial charge < -0.3 is 20.1 Å². The molecule has 1 unspecified atom stereocenters. The fourth-order valence-corrected chi connectivity index (χ4v) is 5.46. The third-order valence-electron chi connectivity index (χ3n) is 7.21. The minimum Gasteiger partial charge on any atom is -0.369 e. The van der Waals surface area contributed by atoms with Crippen LogP contribution in [0, 0.1) is 0 Å². The Morgan fingerprint density at radius 3 is 2.39 bits per heavy atom. The zero-order valence-electron chi connectivity index (χ0n) is 21.4. The molecule has 1 aliphatic rings. The molecule has 38 heavy (non-hydrogen) atoms. The maximum absolute atomic E-state index is 13.9. The van der Waals surface area contributed by atoms with E-state index in [1.54, 1.807) is 12.1 Å². The molecular weight excluding hydrogens is 498 g/mol. The molecule has 0 radical (unpaired) electrons. The van der Waals surface area contributed by atoms with Crippen LogP contribution in [0.2, 0.25) is 0 Å². The molecule has 9 heteroatoms. The van der Waals surface area contributed by atoms with Gasteiger partial charge in [0.1, 0.15) is 0 Å². The number of hydrogen-bond acceptors (Lipinski definition) is 6. The normalized spacial score (nSPS) is 15.6. The van der Waals surface area contributed by atoms with Crippen molar-refractivity contribution in [2.45, 2.75) is 17.4 Å². The highest BCUT2D eigenvalue weighted by molar-refractivity contribution is 7.89. The molecule has 1 fully saturated rings. The summed E-state index contributed by atoms with van der Waals surface area (Å²) in [5.74, 6) is -0.000583. The van der Waals surface area contributed by atoms with Gasteiger partial charge in [0.05, 0.1) is 10.9 Å². The van der Waals surface area contributed by atoms with Crippen LogP contribution in [0.4, 0.5) is 5.69 Å². The van der Waals surface area contributed by atoms with Gasteiger partial charge in [-0.05, 0) is 48.9 Å². The van der Waals surface area contributed by atoms with E-state index in [-0.39, 0.29) is 10.7 Å². The average molecular weight is 532 g/mol. The summed E-state index contributed by atoms with van der Waals surface area (Å²) in [4.78, 5) is 22.0. The first-order valence-electron chi connectivity index (χ1n) is 12.8. The number of fused-ring (bicyclic) bond motifs is 1. The molecule has 4 aromatic rings. The molecule has 8 nitrogen and oxygen atoms in total. The minimum absolute atomic E-state index is 0.000583. The van der Waals surface area contributed by atoms with Crippen molar-refractivity contribution in [3.8, 4) is 0 Å². The van der Waals surface area contributed by atoms with E-state index >= 15 is 0 Å². The Bertz CT molecular complexity index is 1510. The third kappa shape index (κ3) is 5.81. The molecule has 0 spiro atoms. The first-order chi connectivity index (χ1) is 18.3. The first-order valence-corrected chi connectivity index (χ1v) is 14.3. The minimum atomic E-state index is -3.72. The summed E-state index contributed by atoms with van der Waals surface area (Å²) in [7, 11) is -1.58. The van der Waals surface area contributed by atoms with Gasteiger partial charge in [-0.1, -0.05) is 48.5 Å². The van der Waals surface area contributed by atoms with Gasteiger partial charge in [0.15, 0.2) is 5.78 Å². The second-order valence-electron chi connectivity index (χ2n) is 9.82. The summed E-state index contributed by atoms with van der Waals surface area (Å²) in [6.45, 7) is 4.58. The fraction of sp³-hybridized carbons (Fsp3) is 0.276. The molecule has 0 amide bonds. The number of nitrogens with two attached hydrogens (primary N) is 1. The number of sulfonamides is 1. The number of carbonyl (C=O) groups excluding carboxylic acids is 1. The van der Waals surface area contributed by atoms with E-state index < -0.39 is 16.1 Å². The second kappa shape index (κ2) is 11.1. The highest BCUT2D eigenvalue weighted by atomic mass is 32.2. The topological polar surface area (TPSA) is 112 Å². The quantitative estimate of drug-likeness (QED) is 0.286. The fourth-order valence-electron chi connectivity index (χ4n) is 4.95. The number of Topliss-reactive ketones (excluding diaryl/α,β-unsaturated/α-hetero) is 1. The Morgan fingerprint density at radius 1 is 1.00 bits per heavy atom. The predicted octanol–water partition coefficient (Wildman–Crippen LogP) is 3.32. The molecule has 2 heterocycles. The lowest BCUT2D eigenvalue weighted by molar-refractivity contribution is 0.0945. The van der Waals surface area contributed by atoms with Crippen LogP contribution in [0.1, 0.15) is 27.5 Å². The van der Waals surface area contributed by atoms with Gasteiger partial charge in [0, 0.05) is 61.1 Å². The number of aromatic nitrogens is 1. The smallest absolute Gasteiger partial charge is 0.238 e. The van der Waals surface area contributed by atoms with E-state index in [2.05, 4.69) is 39.3 Å². The Labute approximate surface area is 223 Å². The average Bonchev–Trinajstić information content (AvgIpc) is 3.35. The molecule has 198 valence electrons. The zero-order chi connectivity index (χ0) is 26.7. The molecule has 1 atom stereocenters. The second-order valence-corrected chi connectivity index (χ2v) is 11.4. The van der Waals surface area contributed by atoms with Gasteiger partial charge in [-0.25, -0.2) is 13.6 Å². The number of aromatic amines is 1. The Kier molecular flexibility index (Phi) is 7.62. The summed E-state index contributed by atoms with van der Waals surface area (Å²) in [5, 5.41) is 9.54. The van der Waals surface area contributed by atoms with Gasteiger partial charge in [-0.2, -0.15) is 0 Å². The highest BCUT2D eigenvalue weighted by Crippen LogP contribution is 2.28. The van der Waals surface area contributed by atoms with Crippen LogP contribution in [-0.4, -0.2) is 63.9 Å². The van der Waals surface area contributed by atoms with Gasteiger partial charge in [0.25, 0.3) is 0 Å². The van der Waals surface area contributed by atoms with Crippen molar-refractivity contribution < 1.29 is 13.2 Å². The number of carbonyl (C=O) groups is 1. The standard InChI is InChI=1S/C29H33N5O3S/c1-33-15-17-34(18-16-33)23-9-12-25-26(20-32-27(25)19-23)29(35)28(22-5-3-2-4-6-22)31-14-13-21-7-10-24(11-8-21)38(30,36)37/h2-12,19-20,28,31-32H,13-18H2,1H3,(H2,30,36,37). The molecule has 1 saturated heterocycles. The maximum Gasteiger partial charge on any atom is 0.238 e. The highest BCUT2D eigenvalue weighted by Gasteiger charge is 2.24. The third-order valence-corrected chi connectivity index (χ3v) is 8.14. The summed E-state index contributed by atoms with van der Waals surface area (Å²) >= 11 is 0. The van der Waals surface area contributed by atoms with Crippen LogP contribution in [0.25, 0.3) is 10.9 Å². The van der Waals surface area contributed by atoms with E-state index in [0.717, 1.165) is 53.9 Å². The summed E-state index contributed by atoms with van der Waals surface area (Å²) < 4.78 is 23.0. The molecule has 1 aliphatic heterocycles. The van der Waals surface area contributed by atoms with Crippen molar-refractivity contribution in [1.82, 2.24) is 15.2 Å². The van der Waals surface area contributed by atoms with E-state index in [4.69, 9.17) is 5.14 Å². The number of ketones is 1. The lowest BCUT2D eigenvalue weighted by atomic mass is 9.96. The number of nitrogens with zero attached hydrogens (tertiary/aromatic N) is 2. The van der Waals surface area contributed by atoms with E-state index in [0.29, 0.717) is 18.5 Å². The van der Waals surface area contributed by atoms with Crippen molar-refractivity contribution in [3.63, 3.8) is 0 Å². The van der Waals surface area contributed by atoms with E-state index in [9.17, 15) is 13.2 Å². The summed E-state index contributed by atoms with van der Waals surface area (Å²) in [6.07, 6.45) is 2.44. The Morgan fingerprint density at radius 2 is 1.71 bits per heavy atom. The van der Waals surface area contributed by atoms with Crippen LogP contribution in [0.5, 0.6) is 0 Å². The van der Waals surface area contributed by atoms with Crippen LogP contribution < -0.4 is 15.4 Å². The predicted molar refractivity (Wildman–Crippen MR) is 151 cm³/mol. The number of benzene rings is 3. The largest absolute Gasteiger partial charge is 0.369 e. The van der Waals surface area contributed by atoms with Crippen molar-refractivity contribution in [3.05, 3.63) is 95.7 Å². The van der Waals surface area contributed by atoms with Crippen molar-refractivity contribution >= 4 is 32.4 Å². The first kappa shape index (κ1) is 26.1. The molecule has 0 aliphatic carbocycles. The summed E-state index contributed by atoms with van der Waals surface area (Å²) in [5.41, 5.74) is 4.62. The number of nitrogens with one attached hydrogen (secondary N) is 2. The lowest BCUT2D eigenvalue weighted by Crippen LogP contribution is -2.44. The van der Waals surface area contributed by atoms with E-state index in [1.165, 1.54) is 12.1 Å².